The SMILES string of the molecule is CCC[NH+]1CCC(Nc2ccccc2F)CC1. The van der Waals surface area contributed by atoms with Gasteiger partial charge in [0.15, 0.2) is 0 Å². The normalized spacial score (nSPS) is 24.6. The van der Waals surface area contributed by atoms with Crippen LogP contribution in [-0.2, 0) is 0 Å². The summed E-state index contributed by atoms with van der Waals surface area (Å²) in [4.78, 5) is 1.69. The number of anilines is 1. The number of halogens is 1. The Bertz CT molecular complexity index is 346. The van der Waals surface area contributed by atoms with E-state index in [9.17, 15) is 4.39 Å². The van der Waals surface area contributed by atoms with E-state index in [1.807, 2.05) is 12.1 Å². The summed E-state index contributed by atoms with van der Waals surface area (Å²) in [7, 11) is 0. The number of rotatable bonds is 4. The molecule has 1 aliphatic rings. The van der Waals surface area contributed by atoms with Gasteiger partial charge in [-0.2, -0.15) is 0 Å². The maximum atomic E-state index is 13.5. The van der Waals surface area contributed by atoms with Gasteiger partial charge in [0.2, 0.25) is 0 Å². The first-order valence-corrected chi connectivity index (χ1v) is 6.64. The summed E-state index contributed by atoms with van der Waals surface area (Å²) in [6, 6.07) is 7.38. The molecule has 94 valence electrons. The minimum atomic E-state index is -0.143. The predicted molar refractivity (Wildman–Crippen MR) is 68.9 cm³/mol. The summed E-state index contributed by atoms with van der Waals surface area (Å²) in [6.45, 7) is 5.92. The molecule has 1 saturated heterocycles. The van der Waals surface area contributed by atoms with E-state index in [1.165, 1.54) is 32.1 Å². The van der Waals surface area contributed by atoms with Gasteiger partial charge < -0.3 is 10.2 Å². The molecule has 2 nitrogen and oxygen atoms in total. The monoisotopic (exact) mass is 237 g/mol. The van der Waals surface area contributed by atoms with Gasteiger partial charge in [0.05, 0.1) is 25.3 Å². The Morgan fingerprint density at radius 2 is 2.00 bits per heavy atom. The molecule has 0 unspecified atom stereocenters. The van der Waals surface area contributed by atoms with Gasteiger partial charge in [-0.25, -0.2) is 4.39 Å². The lowest BCUT2D eigenvalue weighted by molar-refractivity contribution is -0.905. The molecule has 0 saturated carbocycles. The second-order valence-corrected chi connectivity index (χ2v) is 4.90. The lowest BCUT2D eigenvalue weighted by Crippen LogP contribution is -3.13. The minimum Gasteiger partial charge on any atom is -0.379 e. The Labute approximate surface area is 103 Å². The van der Waals surface area contributed by atoms with Gasteiger partial charge in [0.1, 0.15) is 5.82 Å². The minimum absolute atomic E-state index is 0.143. The number of quaternary nitrogens is 1. The summed E-state index contributed by atoms with van der Waals surface area (Å²) < 4.78 is 13.5. The van der Waals surface area contributed by atoms with Crippen molar-refractivity contribution in [1.82, 2.24) is 0 Å². The number of hydrogen-bond donors (Lipinski definition) is 2. The van der Waals surface area contributed by atoms with Crippen molar-refractivity contribution in [2.75, 3.05) is 25.0 Å². The Balaban J connectivity index is 1.84. The molecular weight excluding hydrogens is 215 g/mol. The summed E-state index contributed by atoms with van der Waals surface area (Å²) in [5, 5.41) is 3.32. The van der Waals surface area contributed by atoms with E-state index in [-0.39, 0.29) is 5.82 Å². The highest BCUT2D eigenvalue weighted by Gasteiger charge is 2.21. The molecule has 0 bridgehead atoms. The lowest BCUT2D eigenvalue weighted by atomic mass is 10.0. The van der Waals surface area contributed by atoms with Gasteiger partial charge in [-0.05, 0) is 18.6 Å². The van der Waals surface area contributed by atoms with Crippen molar-refractivity contribution >= 4 is 5.69 Å². The first kappa shape index (κ1) is 12.4. The average molecular weight is 237 g/mol. The van der Waals surface area contributed by atoms with Gasteiger partial charge >= 0.3 is 0 Å². The summed E-state index contributed by atoms with van der Waals surface area (Å²) in [5.41, 5.74) is 0.649. The van der Waals surface area contributed by atoms with E-state index >= 15 is 0 Å². The number of piperidine rings is 1. The summed E-state index contributed by atoms with van der Waals surface area (Å²) in [5.74, 6) is -0.143. The number of hydrogen-bond acceptors (Lipinski definition) is 1. The van der Waals surface area contributed by atoms with E-state index in [0.29, 0.717) is 11.7 Å². The molecule has 0 aromatic heterocycles. The summed E-state index contributed by atoms with van der Waals surface area (Å²) >= 11 is 0. The van der Waals surface area contributed by atoms with E-state index in [0.717, 1.165) is 12.8 Å². The van der Waals surface area contributed by atoms with Crippen LogP contribution in [0.2, 0.25) is 0 Å². The van der Waals surface area contributed by atoms with Crippen molar-refractivity contribution in [3.63, 3.8) is 0 Å². The third kappa shape index (κ3) is 3.43. The first-order chi connectivity index (χ1) is 8.29. The smallest absolute Gasteiger partial charge is 0.146 e. The standard InChI is InChI=1S/C14H21FN2/c1-2-9-17-10-7-12(8-11-17)16-14-6-4-3-5-13(14)15/h3-6,12,16H,2,7-11H2,1H3/p+1. The van der Waals surface area contributed by atoms with Crippen molar-refractivity contribution in [1.29, 1.82) is 0 Å². The molecule has 0 amide bonds. The third-order valence-electron chi connectivity index (χ3n) is 3.53. The summed E-state index contributed by atoms with van der Waals surface area (Å²) in [6.07, 6.45) is 3.54. The molecule has 0 atom stereocenters. The number of para-hydroxylation sites is 1. The van der Waals surface area contributed by atoms with Gasteiger partial charge in [0, 0.05) is 18.9 Å². The van der Waals surface area contributed by atoms with Crippen LogP contribution in [0.3, 0.4) is 0 Å². The van der Waals surface area contributed by atoms with Crippen LogP contribution in [0.25, 0.3) is 0 Å². The van der Waals surface area contributed by atoms with E-state index < -0.39 is 0 Å². The fourth-order valence-corrected chi connectivity index (χ4v) is 2.57. The van der Waals surface area contributed by atoms with Crippen LogP contribution in [0, 0.1) is 5.82 Å². The third-order valence-corrected chi connectivity index (χ3v) is 3.53. The van der Waals surface area contributed by atoms with E-state index in [2.05, 4.69) is 12.2 Å². The fraction of sp³-hybridized carbons (Fsp3) is 0.571. The average Bonchev–Trinajstić information content (AvgIpc) is 2.35. The van der Waals surface area contributed by atoms with Crippen LogP contribution in [0.5, 0.6) is 0 Å². The van der Waals surface area contributed by atoms with Crippen LogP contribution in [-0.4, -0.2) is 25.7 Å². The molecule has 0 spiro atoms. The van der Waals surface area contributed by atoms with E-state index in [1.54, 1.807) is 11.0 Å². The molecular formula is C14H22FN2+. The maximum absolute atomic E-state index is 13.5. The van der Waals surface area contributed by atoms with Crippen LogP contribution in [0.4, 0.5) is 10.1 Å². The molecule has 1 fully saturated rings. The van der Waals surface area contributed by atoms with Gasteiger partial charge in [-0.3, -0.25) is 0 Å². The van der Waals surface area contributed by atoms with Crippen molar-refractivity contribution in [3.8, 4) is 0 Å². The molecule has 3 heteroatoms. The van der Waals surface area contributed by atoms with E-state index in [4.69, 9.17) is 0 Å². The van der Waals surface area contributed by atoms with Crippen LogP contribution in [0.1, 0.15) is 26.2 Å². The zero-order chi connectivity index (χ0) is 12.1. The predicted octanol–water partition coefficient (Wildman–Crippen LogP) is 1.69. The lowest BCUT2D eigenvalue weighted by Gasteiger charge is -2.30. The van der Waals surface area contributed by atoms with Crippen LogP contribution in [0.15, 0.2) is 24.3 Å². The quantitative estimate of drug-likeness (QED) is 0.815. The molecule has 1 heterocycles. The molecule has 1 aromatic rings. The molecule has 17 heavy (non-hydrogen) atoms. The maximum Gasteiger partial charge on any atom is 0.146 e. The van der Waals surface area contributed by atoms with Crippen LogP contribution >= 0.6 is 0 Å². The second kappa shape index (κ2) is 6.01. The number of nitrogens with one attached hydrogen (secondary N) is 2. The van der Waals surface area contributed by atoms with Gasteiger partial charge in [0.25, 0.3) is 0 Å². The molecule has 1 aliphatic heterocycles. The molecule has 0 aliphatic carbocycles. The Morgan fingerprint density at radius 3 is 2.65 bits per heavy atom. The highest BCUT2D eigenvalue weighted by Crippen LogP contribution is 2.16. The Morgan fingerprint density at radius 1 is 1.29 bits per heavy atom. The molecule has 1 aromatic carbocycles. The fourth-order valence-electron chi connectivity index (χ4n) is 2.57. The second-order valence-electron chi connectivity index (χ2n) is 4.90. The number of benzene rings is 1. The van der Waals surface area contributed by atoms with Crippen molar-refractivity contribution in [2.45, 2.75) is 32.2 Å². The zero-order valence-electron chi connectivity index (χ0n) is 10.5. The Hall–Kier alpha value is -1.09. The van der Waals surface area contributed by atoms with Crippen molar-refractivity contribution in [2.24, 2.45) is 0 Å². The Kier molecular flexibility index (Phi) is 4.37. The molecule has 2 rings (SSSR count). The molecule has 2 N–H and O–H groups in total. The van der Waals surface area contributed by atoms with Gasteiger partial charge in [-0.15, -0.1) is 0 Å². The topological polar surface area (TPSA) is 16.5 Å². The van der Waals surface area contributed by atoms with Crippen LogP contribution < -0.4 is 10.2 Å². The van der Waals surface area contributed by atoms with Crippen molar-refractivity contribution in [3.05, 3.63) is 30.1 Å². The highest BCUT2D eigenvalue weighted by molar-refractivity contribution is 5.45. The molecule has 0 radical (unpaired) electrons. The zero-order valence-corrected chi connectivity index (χ0v) is 10.5. The largest absolute Gasteiger partial charge is 0.379 e. The number of likely N-dealkylation sites (tertiary alicyclic amines) is 1. The first-order valence-electron chi connectivity index (χ1n) is 6.64. The van der Waals surface area contributed by atoms with Gasteiger partial charge in [-0.1, -0.05) is 19.1 Å². The highest BCUT2D eigenvalue weighted by atomic mass is 19.1. The van der Waals surface area contributed by atoms with Crippen molar-refractivity contribution < 1.29 is 9.29 Å².